The number of ketones is 1. The van der Waals surface area contributed by atoms with E-state index in [-0.39, 0.29) is 10.7 Å². The van der Waals surface area contributed by atoms with E-state index >= 15 is 0 Å². The zero-order valence-electron chi connectivity index (χ0n) is 20.6. The summed E-state index contributed by atoms with van der Waals surface area (Å²) in [6, 6.07) is 15.6. The lowest BCUT2D eigenvalue weighted by Gasteiger charge is -2.36. The van der Waals surface area contributed by atoms with Gasteiger partial charge in [0, 0.05) is 61.8 Å². The van der Waals surface area contributed by atoms with E-state index in [4.69, 9.17) is 0 Å². The van der Waals surface area contributed by atoms with Gasteiger partial charge in [-0.05, 0) is 49.9 Å². The molecule has 1 aliphatic rings. The molecule has 1 aliphatic heterocycles. The fourth-order valence-electron chi connectivity index (χ4n) is 4.39. The summed E-state index contributed by atoms with van der Waals surface area (Å²) in [6.07, 6.45) is 4.07. The molecule has 0 saturated carbocycles. The van der Waals surface area contributed by atoms with E-state index in [1.807, 2.05) is 26.2 Å². The number of rotatable bonds is 12. The maximum absolute atomic E-state index is 13.1. The Morgan fingerprint density at radius 3 is 2.26 bits per heavy atom. The maximum Gasteiger partial charge on any atom is 0.244 e. The molecule has 0 spiro atoms. The van der Waals surface area contributed by atoms with Crippen LogP contribution in [-0.4, -0.2) is 75.5 Å². The number of sulfonamides is 1. The number of nitrogens with zero attached hydrogens (tertiary/aromatic N) is 3. The molecular formula is C26H37N3O3S2. The van der Waals surface area contributed by atoms with E-state index in [0.29, 0.717) is 30.0 Å². The summed E-state index contributed by atoms with van der Waals surface area (Å²) >= 11 is 1.39. The first kappa shape index (κ1) is 26.7. The van der Waals surface area contributed by atoms with Crippen molar-refractivity contribution in [1.29, 1.82) is 0 Å². The van der Waals surface area contributed by atoms with Crippen molar-refractivity contribution in [2.75, 3.05) is 57.0 Å². The van der Waals surface area contributed by atoms with Crippen molar-refractivity contribution < 1.29 is 13.2 Å². The molecule has 6 nitrogen and oxygen atoms in total. The molecule has 34 heavy (non-hydrogen) atoms. The SMILES string of the molecule is CCN(CC)S(=O)(=O)c1cc(C(=O)CCCCN2CCN(c3ccccc3)CC2)ccc1SC. The minimum absolute atomic E-state index is 0.0116. The van der Waals surface area contributed by atoms with Gasteiger partial charge in [-0.1, -0.05) is 38.1 Å². The second-order valence-electron chi connectivity index (χ2n) is 8.50. The van der Waals surface area contributed by atoms with Gasteiger partial charge in [0.1, 0.15) is 0 Å². The Morgan fingerprint density at radius 2 is 1.65 bits per heavy atom. The Labute approximate surface area is 209 Å². The van der Waals surface area contributed by atoms with Crippen molar-refractivity contribution in [2.45, 2.75) is 42.9 Å². The molecule has 8 heteroatoms. The quantitative estimate of drug-likeness (QED) is 0.239. The Morgan fingerprint density at radius 1 is 0.971 bits per heavy atom. The number of para-hydroxylation sites is 1. The summed E-state index contributed by atoms with van der Waals surface area (Å²) in [6.45, 7) is 9.57. The van der Waals surface area contributed by atoms with Gasteiger partial charge >= 0.3 is 0 Å². The van der Waals surface area contributed by atoms with Gasteiger partial charge < -0.3 is 4.90 Å². The molecule has 3 rings (SSSR count). The Kier molecular flexibility index (Phi) is 10.0. The summed E-state index contributed by atoms with van der Waals surface area (Å²) in [5.41, 5.74) is 1.77. The van der Waals surface area contributed by atoms with Crippen LogP contribution in [0.15, 0.2) is 58.3 Å². The molecule has 1 saturated heterocycles. The second kappa shape index (κ2) is 12.7. The van der Waals surface area contributed by atoms with Crippen LogP contribution in [0.1, 0.15) is 43.5 Å². The van der Waals surface area contributed by atoms with E-state index in [1.165, 1.54) is 21.8 Å². The Hall–Kier alpha value is -1.87. The van der Waals surface area contributed by atoms with Crippen molar-refractivity contribution in [3.63, 3.8) is 0 Å². The van der Waals surface area contributed by atoms with Crippen molar-refractivity contribution in [1.82, 2.24) is 9.21 Å². The first-order valence-electron chi connectivity index (χ1n) is 12.1. The van der Waals surface area contributed by atoms with Gasteiger partial charge in [0.2, 0.25) is 10.0 Å². The highest BCUT2D eigenvalue weighted by Gasteiger charge is 2.26. The fraction of sp³-hybridized carbons (Fsp3) is 0.500. The topological polar surface area (TPSA) is 60.9 Å². The molecule has 0 aromatic heterocycles. The lowest BCUT2D eigenvalue weighted by molar-refractivity contribution is 0.0977. The zero-order valence-corrected chi connectivity index (χ0v) is 22.2. The monoisotopic (exact) mass is 503 g/mol. The molecule has 0 atom stereocenters. The minimum atomic E-state index is -3.61. The smallest absolute Gasteiger partial charge is 0.244 e. The van der Waals surface area contributed by atoms with Crippen molar-refractivity contribution in [3.05, 3.63) is 54.1 Å². The highest BCUT2D eigenvalue weighted by atomic mass is 32.2. The molecule has 0 unspecified atom stereocenters. The van der Waals surface area contributed by atoms with E-state index in [9.17, 15) is 13.2 Å². The van der Waals surface area contributed by atoms with Crippen LogP contribution in [0.2, 0.25) is 0 Å². The van der Waals surface area contributed by atoms with Gasteiger partial charge in [-0.2, -0.15) is 4.31 Å². The van der Waals surface area contributed by atoms with Crippen LogP contribution in [0.4, 0.5) is 5.69 Å². The van der Waals surface area contributed by atoms with Crippen LogP contribution < -0.4 is 4.90 Å². The van der Waals surface area contributed by atoms with Crippen molar-refractivity contribution >= 4 is 33.3 Å². The summed E-state index contributed by atoms with van der Waals surface area (Å²) in [4.78, 5) is 18.7. The number of Topliss-reactive ketones (excluding diaryl/α,β-unsaturated/α-hetero) is 1. The third kappa shape index (κ3) is 6.62. The predicted molar refractivity (Wildman–Crippen MR) is 142 cm³/mol. The summed E-state index contributed by atoms with van der Waals surface area (Å²) < 4.78 is 27.6. The molecule has 2 aromatic carbocycles. The summed E-state index contributed by atoms with van der Waals surface area (Å²) in [5, 5.41) is 0. The van der Waals surface area contributed by atoms with Crippen LogP contribution in [-0.2, 0) is 10.0 Å². The third-order valence-electron chi connectivity index (χ3n) is 6.43. The summed E-state index contributed by atoms with van der Waals surface area (Å²) in [5.74, 6) is 0.0116. The number of piperazine rings is 1. The zero-order chi connectivity index (χ0) is 24.6. The highest BCUT2D eigenvalue weighted by molar-refractivity contribution is 7.99. The highest BCUT2D eigenvalue weighted by Crippen LogP contribution is 2.29. The number of benzene rings is 2. The number of hydrogen-bond acceptors (Lipinski definition) is 6. The number of anilines is 1. The molecule has 0 bridgehead atoms. The second-order valence-corrected chi connectivity index (χ2v) is 11.3. The van der Waals surface area contributed by atoms with E-state index in [0.717, 1.165) is 45.6 Å². The molecule has 2 aromatic rings. The van der Waals surface area contributed by atoms with E-state index < -0.39 is 10.0 Å². The third-order valence-corrected chi connectivity index (χ3v) is 9.45. The number of carbonyl (C=O) groups excluding carboxylic acids is 1. The number of thioether (sulfide) groups is 1. The average Bonchev–Trinajstić information content (AvgIpc) is 2.87. The van der Waals surface area contributed by atoms with Crippen LogP contribution >= 0.6 is 11.8 Å². The first-order valence-corrected chi connectivity index (χ1v) is 14.8. The molecular weight excluding hydrogens is 466 g/mol. The van der Waals surface area contributed by atoms with Gasteiger partial charge in [-0.3, -0.25) is 9.69 Å². The Bertz CT molecular complexity index is 1030. The van der Waals surface area contributed by atoms with Gasteiger partial charge in [-0.25, -0.2) is 8.42 Å². The van der Waals surface area contributed by atoms with E-state index in [2.05, 4.69) is 34.1 Å². The predicted octanol–water partition coefficient (Wildman–Crippen LogP) is 4.61. The van der Waals surface area contributed by atoms with Crippen LogP contribution in [0.3, 0.4) is 0 Å². The maximum atomic E-state index is 13.1. The Balaban J connectivity index is 1.51. The van der Waals surface area contributed by atoms with Gasteiger partial charge in [-0.15, -0.1) is 11.8 Å². The lowest BCUT2D eigenvalue weighted by Crippen LogP contribution is -2.46. The van der Waals surface area contributed by atoms with Crippen LogP contribution in [0.5, 0.6) is 0 Å². The molecule has 0 amide bonds. The normalized spacial score (nSPS) is 15.1. The van der Waals surface area contributed by atoms with Gasteiger partial charge in [0.05, 0.1) is 4.90 Å². The minimum Gasteiger partial charge on any atom is -0.369 e. The number of carbonyl (C=O) groups is 1. The van der Waals surface area contributed by atoms with Crippen LogP contribution in [0.25, 0.3) is 0 Å². The molecule has 1 fully saturated rings. The van der Waals surface area contributed by atoms with Crippen LogP contribution in [0, 0.1) is 0 Å². The first-order chi connectivity index (χ1) is 16.4. The van der Waals surface area contributed by atoms with Gasteiger partial charge in [0.25, 0.3) is 0 Å². The molecule has 0 N–H and O–H groups in total. The van der Waals surface area contributed by atoms with Crippen molar-refractivity contribution in [2.24, 2.45) is 0 Å². The standard InChI is InChI=1S/C26H37N3O3S2/c1-4-29(5-2)34(31,32)26-21-22(14-15-25(26)33-3)24(30)13-9-10-16-27-17-19-28(20-18-27)23-11-7-6-8-12-23/h6-8,11-12,14-15,21H,4-5,9-10,13,16-20H2,1-3H3. The average molecular weight is 504 g/mol. The van der Waals surface area contributed by atoms with E-state index in [1.54, 1.807) is 18.2 Å². The molecule has 0 radical (unpaired) electrons. The molecule has 1 heterocycles. The van der Waals surface area contributed by atoms with Gasteiger partial charge in [0.15, 0.2) is 5.78 Å². The number of hydrogen-bond donors (Lipinski definition) is 0. The summed E-state index contributed by atoms with van der Waals surface area (Å²) in [7, 11) is -3.61. The lowest BCUT2D eigenvalue weighted by atomic mass is 10.1. The fourth-order valence-corrected chi connectivity index (χ4v) is 6.97. The molecule has 186 valence electrons. The van der Waals surface area contributed by atoms with Crippen molar-refractivity contribution in [3.8, 4) is 0 Å². The largest absolute Gasteiger partial charge is 0.369 e. The number of unbranched alkanes of at least 4 members (excludes halogenated alkanes) is 1. The molecule has 0 aliphatic carbocycles.